The van der Waals surface area contributed by atoms with Crippen molar-refractivity contribution in [2.45, 2.75) is 33.7 Å². The lowest BCUT2D eigenvalue weighted by Crippen LogP contribution is -2.15. The van der Waals surface area contributed by atoms with Crippen LogP contribution in [0.3, 0.4) is 0 Å². The van der Waals surface area contributed by atoms with Gasteiger partial charge in [0, 0.05) is 24.4 Å². The van der Waals surface area contributed by atoms with E-state index in [1.165, 1.54) is 11.3 Å². The van der Waals surface area contributed by atoms with Crippen molar-refractivity contribution in [2.24, 2.45) is 0 Å². The zero-order valence-electron chi connectivity index (χ0n) is 18.3. The number of amides is 1. The number of anilines is 1. The van der Waals surface area contributed by atoms with E-state index in [1.807, 2.05) is 73.0 Å². The first kappa shape index (κ1) is 21.8. The zero-order chi connectivity index (χ0) is 22.7. The van der Waals surface area contributed by atoms with Gasteiger partial charge < -0.3 is 14.6 Å². The smallest absolute Gasteiger partial charge is 0.339 e. The van der Waals surface area contributed by atoms with Crippen LogP contribution < -0.4 is 5.32 Å². The molecule has 0 saturated carbocycles. The van der Waals surface area contributed by atoms with Crippen molar-refractivity contribution >= 4 is 38.6 Å². The number of carbonyl (C=O) groups excluding carboxylic acids is 2. The molecule has 164 valence electrons. The number of thiazole rings is 1. The maximum absolute atomic E-state index is 12.7. The van der Waals surface area contributed by atoms with E-state index in [0.717, 1.165) is 32.7 Å². The number of aromatic nitrogens is 2. The van der Waals surface area contributed by atoms with Crippen LogP contribution in [0, 0.1) is 13.8 Å². The number of rotatable bonds is 7. The number of nitrogens with zero attached hydrogens (tertiary/aromatic N) is 2. The third kappa shape index (κ3) is 4.43. The summed E-state index contributed by atoms with van der Waals surface area (Å²) in [6.07, 6.45) is 0.256. The van der Waals surface area contributed by atoms with E-state index in [1.54, 1.807) is 6.92 Å². The van der Waals surface area contributed by atoms with E-state index in [-0.39, 0.29) is 18.3 Å². The van der Waals surface area contributed by atoms with Crippen molar-refractivity contribution < 1.29 is 14.3 Å². The van der Waals surface area contributed by atoms with E-state index in [4.69, 9.17) is 4.74 Å². The molecule has 2 heterocycles. The lowest BCUT2D eigenvalue weighted by Gasteiger charge is -2.12. The molecule has 0 fully saturated rings. The molecule has 0 aliphatic heterocycles. The topological polar surface area (TPSA) is 73.2 Å². The molecule has 4 aromatic rings. The van der Waals surface area contributed by atoms with Crippen LogP contribution in [0.4, 0.5) is 5.13 Å². The Labute approximate surface area is 190 Å². The summed E-state index contributed by atoms with van der Waals surface area (Å²) in [6, 6.07) is 17.7. The molecule has 0 spiro atoms. The molecule has 0 unspecified atom stereocenters. The minimum Gasteiger partial charge on any atom is -0.462 e. The van der Waals surface area contributed by atoms with E-state index in [2.05, 4.69) is 10.3 Å². The molecule has 2 aromatic heterocycles. The number of hydrogen-bond donors (Lipinski definition) is 1. The van der Waals surface area contributed by atoms with Crippen LogP contribution in [0.15, 0.2) is 54.6 Å². The molecular weight excluding hydrogens is 422 g/mol. The third-order valence-corrected chi connectivity index (χ3v) is 6.30. The van der Waals surface area contributed by atoms with E-state index in [0.29, 0.717) is 23.8 Å². The minimum absolute atomic E-state index is 0.119. The SMILES string of the molecule is CCOC(=O)c1cc(-c2ccccc2)n(CCC(=O)Nc2nc3c(C)cccc3s2)c1C. The van der Waals surface area contributed by atoms with E-state index >= 15 is 0 Å². The predicted octanol–water partition coefficient (Wildman–Crippen LogP) is 5.59. The Bertz CT molecular complexity index is 1270. The van der Waals surface area contributed by atoms with Crippen molar-refractivity contribution in [2.75, 3.05) is 11.9 Å². The van der Waals surface area contributed by atoms with Crippen LogP contribution in [-0.4, -0.2) is 28.0 Å². The number of benzene rings is 2. The molecule has 1 amide bonds. The van der Waals surface area contributed by atoms with Gasteiger partial charge >= 0.3 is 5.97 Å². The number of esters is 1. The van der Waals surface area contributed by atoms with Gasteiger partial charge in [-0.05, 0) is 44.0 Å². The molecule has 32 heavy (non-hydrogen) atoms. The number of aryl methyl sites for hydroxylation is 1. The lowest BCUT2D eigenvalue weighted by molar-refractivity contribution is -0.116. The molecule has 7 heteroatoms. The summed E-state index contributed by atoms with van der Waals surface area (Å²) >= 11 is 1.47. The molecule has 2 aromatic carbocycles. The van der Waals surface area contributed by atoms with Crippen molar-refractivity contribution in [3.63, 3.8) is 0 Å². The van der Waals surface area contributed by atoms with Gasteiger partial charge in [0.2, 0.25) is 5.91 Å². The second-order valence-electron chi connectivity index (χ2n) is 7.51. The average Bonchev–Trinajstić information content (AvgIpc) is 3.34. The number of carbonyl (C=O) groups is 2. The number of fused-ring (bicyclic) bond motifs is 1. The van der Waals surface area contributed by atoms with Gasteiger partial charge in [0.25, 0.3) is 0 Å². The molecule has 0 aliphatic rings. The largest absolute Gasteiger partial charge is 0.462 e. The maximum Gasteiger partial charge on any atom is 0.339 e. The fourth-order valence-electron chi connectivity index (χ4n) is 3.73. The van der Waals surface area contributed by atoms with Crippen molar-refractivity contribution in [1.82, 2.24) is 9.55 Å². The number of para-hydroxylation sites is 1. The fourth-order valence-corrected chi connectivity index (χ4v) is 4.69. The van der Waals surface area contributed by atoms with Crippen LogP contribution in [0.1, 0.15) is 35.0 Å². The van der Waals surface area contributed by atoms with Gasteiger partial charge in [0.15, 0.2) is 5.13 Å². The first-order valence-electron chi connectivity index (χ1n) is 10.6. The molecular formula is C25H25N3O3S. The first-order chi connectivity index (χ1) is 15.5. The van der Waals surface area contributed by atoms with Crippen molar-refractivity contribution in [3.8, 4) is 11.3 Å². The van der Waals surface area contributed by atoms with Gasteiger partial charge in [0.05, 0.1) is 22.4 Å². The number of hydrogen-bond acceptors (Lipinski definition) is 5. The van der Waals surface area contributed by atoms with E-state index < -0.39 is 0 Å². The standard InChI is InChI=1S/C25H25N3O3S/c1-4-31-24(30)19-15-20(18-10-6-5-7-11-18)28(17(19)3)14-13-22(29)26-25-27-23-16(2)9-8-12-21(23)32-25/h5-12,15H,4,13-14H2,1-3H3,(H,26,27,29). The first-order valence-corrected chi connectivity index (χ1v) is 11.4. The Kier molecular flexibility index (Phi) is 6.37. The third-order valence-electron chi connectivity index (χ3n) is 5.36. The van der Waals surface area contributed by atoms with Gasteiger partial charge in [-0.1, -0.05) is 53.8 Å². The van der Waals surface area contributed by atoms with Gasteiger partial charge in [-0.2, -0.15) is 0 Å². The van der Waals surface area contributed by atoms with Crippen LogP contribution in [-0.2, 0) is 16.1 Å². The Morgan fingerprint density at radius 1 is 1.09 bits per heavy atom. The summed E-state index contributed by atoms with van der Waals surface area (Å²) in [6.45, 7) is 6.43. The van der Waals surface area contributed by atoms with Gasteiger partial charge in [-0.3, -0.25) is 4.79 Å². The second-order valence-corrected chi connectivity index (χ2v) is 8.54. The summed E-state index contributed by atoms with van der Waals surface area (Å²) in [5, 5.41) is 3.52. The molecule has 0 bridgehead atoms. The highest BCUT2D eigenvalue weighted by atomic mass is 32.1. The molecule has 4 rings (SSSR count). The predicted molar refractivity (Wildman–Crippen MR) is 128 cm³/mol. The summed E-state index contributed by atoms with van der Waals surface area (Å²) in [5.74, 6) is -0.471. The molecule has 0 radical (unpaired) electrons. The summed E-state index contributed by atoms with van der Waals surface area (Å²) in [5.41, 5.74) is 5.17. The quantitative estimate of drug-likeness (QED) is 0.375. The Morgan fingerprint density at radius 3 is 2.59 bits per heavy atom. The number of ether oxygens (including phenoxy) is 1. The maximum atomic E-state index is 12.7. The highest BCUT2D eigenvalue weighted by Gasteiger charge is 2.20. The van der Waals surface area contributed by atoms with Gasteiger partial charge in [-0.15, -0.1) is 0 Å². The minimum atomic E-state index is -0.352. The molecule has 0 aliphatic carbocycles. The molecule has 0 saturated heterocycles. The highest BCUT2D eigenvalue weighted by Crippen LogP contribution is 2.29. The molecule has 0 atom stereocenters. The summed E-state index contributed by atoms with van der Waals surface area (Å²) < 4.78 is 8.27. The van der Waals surface area contributed by atoms with E-state index in [9.17, 15) is 9.59 Å². The Balaban J connectivity index is 1.55. The summed E-state index contributed by atoms with van der Waals surface area (Å²) in [4.78, 5) is 29.7. The Morgan fingerprint density at radius 2 is 1.88 bits per heavy atom. The van der Waals surface area contributed by atoms with Crippen molar-refractivity contribution in [1.29, 1.82) is 0 Å². The van der Waals surface area contributed by atoms with Gasteiger partial charge in [0.1, 0.15) is 0 Å². The van der Waals surface area contributed by atoms with Crippen LogP contribution >= 0.6 is 11.3 Å². The van der Waals surface area contributed by atoms with Crippen LogP contribution in [0.2, 0.25) is 0 Å². The summed E-state index contributed by atoms with van der Waals surface area (Å²) in [7, 11) is 0. The number of nitrogens with one attached hydrogen (secondary N) is 1. The molecule has 1 N–H and O–H groups in total. The zero-order valence-corrected chi connectivity index (χ0v) is 19.2. The highest BCUT2D eigenvalue weighted by molar-refractivity contribution is 7.22. The van der Waals surface area contributed by atoms with Crippen LogP contribution in [0.5, 0.6) is 0 Å². The lowest BCUT2D eigenvalue weighted by atomic mass is 10.1. The fraction of sp³-hybridized carbons (Fsp3) is 0.240. The van der Waals surface area contributed by atoms with Gasteiger partial charge in [-0.25, -0.2) is 9.78 Å². The second kappa shape index (κ2) is 9.36. The Hall–Kier alpha value is -3.45. The normalized spacial score (nSPS) is 11.0. The molecule has 6 nitrogen and oxygen atoms in total. The van der Waals surface area contributed by atoms with Crippen LogP contribution in [0.25, 0.3) is 21.5 Å². The average molecular weight is 448 g/mol. The van der Waals surface area contributed by atoms with Crippen molar-refractivity contribution in [3.05, 3.63) is 71.4 Å². The monoisotopic (exact) mass is 447 g/mol.